The van der Waals surface area contributed by atoms with Gasteiger partial charge in [-0.2, -0.15) is 5.26 Å². The van der Waals surface area contributed by atoms with Crippen LogP contribution >= 0.6 is 11.6 Å². The predicted octanol–water partition coefficient (Wildman–Crippen LogP) is 6.11. The molecular weight excluding hydrogens is 653 g/mol. The number of ether oxygens (including phenoxy) is 2. The maximum Gasteiger partial charge on any atom is 0.495 e. The summed E-state index contributed by atoms with van der Waals surface area (Å²) in [6.07, 6.45) is 4.05. The maximum atomic E-state index is 11.8. The van der Waals surface area contributed by atoms with Crippen molar-refractivity contribution < 1.29 is 28.7 Å². The van der Waals surface area contributed by atoms with E-state index < -0.39 is 24.4 Å². The largest absolute Gasteiger partial charge is 0.495 e. The standard InChI is InChI=1S/C39H41BClN3O6/c1-24-28(23-48-37-14-36(29(21-45)13-34(37)41)47-22-27-12-26(16-42)17-43-18-27)8-6-9-31(24)32-10-7-11-33(25(32)2)40-49-38(3,4)39(5,50-40)15-30-19-44-20-35(30)46/h6-14,17-18,21,30,35,44,46H,15,19-20,22-23H2,1-5H3/t30?,35-,39?/m0/s1. The van der Waals surface area contributed by atoms with Gasteiger partial charge in [0.25, 0.3) is 0 Å². The number of rotatable bonds is 11. The SMILES string of the molecule is Cc1c(COc2cc(OCc3cncc(C#N)c3)c(C=O)cc2Cl)cccc1-c1cccc(B2OC(C)(C)C(C)(CC3CNC[C@@H]3O)O2)c1C. The average molecular weight is 694 g/mol. The van der Waals surface area contributed by atoms with Gasteiger partial charge in [0.1, 0.15) is 30.8 Å². The Morgan fingerprint density at radius 3 is 2.48 bits per heavy atom. The van der Waals surface area contributed by atoms with E-state index in [1.165, 1.54) is 12.3 Å². The monoisotopic (exact) mass is 693 g/mol. The predicted molar refractivity (Wildman–Crippen MR) is 193 cm³/mol. The molecule has 3 heterocycles. The lowest BCUT2D eigenvalue weighted by molar-refractivity contribution is -0.0359. The van der Waals surface area contributed by atoms with Gasteiger partial charge in [0.05, 0.1) is 33.5 Å². The molecule has 0 saturated carbocycles. The quantitative estimate of drug-likeness (QED) is 0.142. The van der Waals surface area contributed by atoms with Crippen molar-refractivity contribution >= 4 is 30.5 Å². The van der Waals surface area contributed by atoms with Crippen LogP contribution in [-0.4, -0.2) is 53.9 Å². The molecule has 0 radical (unpaired) electrons. The van der Waals surface area contributed by atoms with E-state index in [9.17, 15) is 15.2 Å². The van der Waals surface area contributed by atoms with Crippen molar-refractivity contribution in [1.29, 1.82) is 5.26 Å². The van der Waals surface area contributed by atoms with E-state index in [2.05, 4.69) is 69.2 Å². The lowest BCUT2D eigenvalue weighted by Gasteiger charge is -2.38. The fourth-order valence-corrected chi connectivity index (χ4v) is 7.02. The Morgan fingerprint density at radius 1 is 1.02 bits per heavy atom. The molecule has 50 heavy (non-hydrogen) atoms. The van der Waals surface area contributed by atoms with E-state index in [4.69, 9.17) is 30.4 Å². The van der Waals surface area contributed by atoms with Gasteiger partial charge in [-0.05, 0) is 86.5 Å². The normalized spacial score (nSPS) is 21.2. The number of aldehydes is 1. The highest BCUT2D eigenvalue weighted by atomic mass is 35.5. The first-order valence-corrected chi connectivity index (χ1v) is 17.1. The molecule has 2 aliphatic heterocycles. The van der Waals surface area contributed by atoms with Gasteiger partial charge in [0, 0.05) is 43.0 Å². The Kier molecular flexibility index (Phi) is 10.4. The van der Waals surface area contributed by atoms with Crippen molar-refractivity contribution in [1.82, 2.24) is 10.3 Å². The molecule has 0 amide bonds. The topological polar surface area (TPSA) is 123 Å². The Bertz CT molecular complexity index is 1950. The van der Waals surface area contributed by atoms with Gasteiger partial charge < -0.3 is 29.2 Å². The number of aromatic nitrogens is 1. The minimum Gasteiger partial charge on any atom is -0.488 e. The number of halogens is 1. The summed E-state index contributed by atoms with van der Waals surface area (Å²) < 4.78 is 25.5. The van der Waals surface area contributed by atoms with Crippen molar-refractivity contribution in [2.45, 2.75) is 71.6 Å². The Hall–Kier alpha value is -4.24. The van der Waals surface area contributed by atoms with Gasteiger partial charge in [0.2, 0.25) is 0 Å². The molecule has 3 aromatic carbocycles. The van der Waals surface area contributed by atoms with Crippen LogP contribution in [0.2, 0.25) is 5.02 Å². The number of carbonyl (C=O) groups is 1. The third-order valence-electron chi connectivity index (χ3n) is 10.3. The van der Waals surface area contributed by atoms with E-state index in [-0.39, 0.29) is 29.7 Å². The van der Waals surface area contributed by atoms with Crippen molar-refractivity contribution in [3.05, 3.63) is 105 Å². The highest BCUT2D eigenvalue weighted by Crippen LogP contribution is 2.43. The fourth-order valence-electron chi connectivity index (χ4n) is 6.80. The van der Waals surface area contributed by atoms with Crippen LogP contribution in [-0.2, 0) is 22.5 Å². The second kappa shape index (κ2) is 14.6. The zero-order valence-corrected chi connectivity index (χ0v) is 29.7. The zero-order valence-electron chi connectivity index (χ0n) is 29.0. The molecule has 258 valence electrons. The number of benzene rings is 3. The molecule has 2 fully saturated rings. The van der Waals surface area contributed by atoms with Crippen LogP contribution in [0.4, 0.5) is 0 Å². The number of nitrogens with zero attached hydrogens (tertiary/aromatic N) is 2. The zero-order chi connectivity index (χ0) is 35.6. The van der Waals surface area contributed by atoms with Crippen molar-refractivity contribution in [3.8, 4) is 28.7 Å². The summed E-state index contributed by atoms with van der Waals surface area (Å²) in [5, 5.41) is 23.2. The highest BCUT2D eigenvalue weighted by molar-refractivity contribution is 6.62. The smallest absolute Gasteiger partial charge is 0.488 e. The molecule has 0 bridgehead atoms. The number of aliphatic hydroxyl groups excluding tert-OH is 1. The Balaban J connectivity index is 1.20. The molecule has 2 saturated heterocycles. The summed E-state index contributed by atoms with van der Waals surface area (Å²) in [7, 11) is -0.548. The molecule has 0 spiro atoms. The van der Waals surface area contributed by atoms with Gasteiger partial charge in [-0.15, -0.1) is 0 Å². The van der Waals surface area contributed by atoms with E-state index in [1.54, 1.807) is 18.3 Å². The van der Waals surface area contributed by atoms with Crippen LogP contribution in [0.3, 0.4) is 0 Å². The summed E-state index contributed by atoms with van der Waals surface area (Å²) in [5.41, 5.74) is 6.42. The minimum atomic E-state index is -0.583. The number of nitriles is 1. The van der Waals surface area contributed by atoms with Crippen LogP contribution in [0.5, 0.6) is 11.5 Å². The molecule has 0 aliphatic carbocycles. The number of β-amino-alcohol motifs (C(OH)–C–C–N with tert-alkyl or cyclic N) is 1. The summed E-state index contributed by atoms with van der Waals surface area (Å²) in [4.78, 5) is 15.9. The molecule has 2 aliphatic rings. The van der Waals surface area contributed by atoms with Crippen LogP contribution in [0.25, 0.3) is 11.1 Å². The van der Waals surface area contributed by atoms with Gasteiger partial charge in [0.15, 0.2) is 6.29 Å². The fraction of sp³-hybridized carbons (Fsp3) is 0.359. The molecule has 9 nitrogen and oxygen atoms in total. The first kappa shape index (κ1) is 35.6. The second-order valence-electron chi connectivity index (χ2n) is 13.8. The molecule has 2 unspecified atom stereocenters. The molecular formula is C39H41BClN3O6. The Labute approximate surface area is 298 Å². The molecule has 1 aromatic heterocycles. The van der Waals surface area contributed by atoms with Crippen LogP contribution < -0.4 is 20.3 Å². The number of hydrogen-bond donors (Lipinski definition) is 2. The van der Waals surface area contributed by atoms with E-state index >= 15 is 0 Å². The summed E-state index contributed by atoms with van der Waals surface area (Å²) >= 11 is 6.54. The van der Waals surface area contributed by atoms with Crippen LogP contribution in [0, 0.1) is 31.1 Å². The van der Waals surface area contributed by atoms with Crippen LogP contribution in [0.1, 0.15) is 65.4 Å². The number of pyridine rings is 1. The van der Waals surface area contributed by atoms with Gasteiger partial charge >= 0.3 is 7.12 Å². The van der Waals surface area contributed by atoms with Gasteiger partial charge in [-0.1, -0.05) is 48.0 Å². The molecule has 3 atom stereocenters. The van der Waals surface area contributed by atoms with E-state index in [0.29, 0.717) is 41.9 Å². The van der Waals surface area contributed by atoms with Crippen LogP contribution in [0.15, 0.2) is 67.0 Å². The van der Waals surface area contributed by atoms with Crippen molar-refractivity contribution in [3.63, 3.8) is 0 Å². The lowest BCUT2D eigenvalue weighted by atomic mass is 9.74. The van der Waals surface area contributed by atoms with Crippen molar-refractivity contribution in [2.75, 3.05) is 13.1 Å². The molecule has 2 N–H and O–H groups in total. The summed E-state index contributed by atoms with van der Waals surface area (Å²) in [5.74, 6) is 0.789. The highest BCUT2D eigenvalue weighted by Gasteiger charge is 2.56. The van der Waals surface area contributed by atoms with Gasteiger partial charge in [-0.3, -0.25) is 9.78 Å². The third-order valence-corrected chi connectivity index (χ3v) is 10.6. The number of hydrogen-bond acceptors (Lipinski definition) is 9. The third kappa shape index (κ3) is 7.16. The lowest BCUT2D eigenvalue weighted by Crippen LogP contribution is -2.47. The van der Waals surface area contributed by atoms with E-state index in [1.807, 2.05) is 18.2 Å². The first-order chi connectivity index (χ1) is 23.9. The molecule has 6 rings (SSSR count). The Morgan fingerprint density at radius 2 is 1.76 bits per heavy atom. The average Bonchev–Trinajstić information content (AvgIpc) is 3.61. The maximum absolute atomic E-state index is 11.8. The summed E-state index contributed by atoms with van der Waals surface area (Å²) in [6.45, 7) is 12.1. The molecule has 4 aromatic rings. The number of nitrogens with one attached hydrogen (secondary N) is 1. The van der Waals surface area contributed by atoms with E-state index in [0.717, 1.165) is 39.8 Å². The van der Waals surface area contributed by atoms with Gasteiger partial charge in [-0.25, -0.2) is 0 Å². The number of aliphatic hydroxyl groups is 1. The minimum absolute atomic E-state index is 0.101. The summed E-state index contributed by atoms with van der Waals surface area (Å²) in [6, 6.07) is 19.2. The number of carbonyl (C=O) groups excluding carboxylic acids is 1. The first-order valence-electron chi connectivity index (χ1n) is 16.7. The van der Waals surface area contributed by atoms with Crippen molar-refractivity contribution in [2.24, 2.45) is 5.92 Å². The molecule has 11 heteroatoms. The second-order valence-corrected chi connectivity index (χ2v) is 14.2.